The maximum absolute atomic E-state index is 12.4. The third kappa shape index (κ3) is 5.96. The number of aromatic nitrogens is 4. The van der Waals surface area contributed by atoms with Gasteiger partial charge in [-0.1, -0.05) is 6.58 Å². The summed E-state index contributed by atoms with van der Waals surface area (Å²) in [6.07, 6.45) is 6.37. The Morgan fingerprint density at radius 3 is 2.80 bits per heavy atom. The smallest absolute Gasteiger partial charge is 0.247 e. The number of nitrogen functional groups attached to an aromatic ring is 1. The van der Waals surface area contributed by atoms with E-state index >= 15 is 0 Å². The summed E-state index contributed by atoms with van der Waals surface area (Å²) in [5, 5.41) is 2.93. The molecule has 0 atom stereocenters. The van der Waals surface area contributed by atoms with Crippen molar-refractivity contribution in [1.82, 2.24) is 24.8 Å². The van der Waals surface area contributed by atoms with Crippen molar-refractivity contribution in [2.75, 3.05) is 26.0 Å². The molecule has 3 heterocycles. The monoisotopic (exact) mass is 479 g/mol. The Bertz CT molecular complexity index is 1280. The lowest BCUT2D eigenvalue weighted by Crippen LogP contribution is -2.25. The molecule has 186 valence electrons. The van der Waals surface area contributed by atoms with Gasteiger partial charge >= 0.3 is 0 Å². The summed E-state index contributed by atoms with van der Waals surface area (Å²) in [5.74, 6) is 1.36. The van der Waals surface area contributed by atoms with E-state index in [2.05, 4.69) is 26.4 Å². The highest BCUT2D eigenvalue weighted by Gasteiger charge is 2.18. The van der Waals surface area contributed by atoms with E-state index in [1.807, 2.05) is 19.1 Å². The molecule has 1 amide bonds. The van der Waals surface area contributed by atoms with E-state index in [9.17, 15) is 4.79 Å². The van der Waals surface area contributed by atoms with Crippen LogP contribution in [0, 0.1) is 0 Å². The average Bonchev–Trinajstić information content (AvgIpc) is 3.24. The molecule has 0 spiro atoms. The Morgan fingerprint density at radius 2 is 2.09 bits per heavy atom. The topological polar surface area (TPSA) is 143 Å². The minimum Gasteiger partial charge on any atom is -0.495 e. The van der Waals surface area contributed by atoms with Crippen molar-refractivity contribution >= 4 is 33.8 Å². The number of imidazole rings is 1. The first-order valence-electron chi connectivity index (χ1n) is 11.5. The van der Waals surface area contributed by atoms with Gasteiger partial charge in [0.2, 0.25) is 5.91 Å². The largest absolute Gasteiger partial charge is 0.495 e. The van der Waals surface area contributed by atoms with E-state index < -0.39 is 0 Å². The molecule has 3 aromatic rings. The van der Waals surface area contributed by atoms with Gasteiger partial charge in [-0.05, 0) is 51.0 Å². The van der Waals surface area contributed by atoms with E-state index in [1.54, 1.807) is 19.2 Å². The van der Waals surface area contributed by atoms with Crippen LogP contribution in [0.3, 0.4) is 0 Å². The number of methoxy groups -OCH3 is 1. The highest BCUT2D eigenvalue weighted by Crippen LogP contribution is 2.28. The van der Waals surface area contributed by atoms with Crippen LogP contribution in [0.25, 0.3) is 22.1 Å². The van der Waals surface area contributed by atoms with Crippen LogP contribution in [0.1, 0.15) is 32.5 Å². The molecule has 3 rings (SSSR count). The number of fused-ring (bicyclic) bond motifs is 3. The molecule has 0 fully saturated rings. The highest BCUT2D eigenvalue weighted by molar-refractivity contribution is 6.04. The van der Waals surface area contributed by atoms with E-state index in [0.717, 1.165) is 35.2 Å². The Balaban J connectivity index is 1.71. The first kappa shape index (κ1) is 25.7. The van der Waals surface area contributed by atoms with Crippen LogP contribution in [0.15, 0.2) is 54.1 Å². The predicted molar refractivity (Wildman–Crippen MR) is 137 cm³/mol. The average molecular weight is 480 g/mol. The molecule has 0 unspecified atom stereocenters. The lowest BCUT2D eigenvalue weighted by molar-refractivity contribution is -0.117. The molecule has 0 radical (unpaired) electrons. The van der Waals surface area contributed by atoms with Crippen molar-refractivity contribution in [3.8, 4) is 0 Å². The Morgan fingerprint density at radius 1 is 1.29 bits per heavy atom. The van der Waals surface area contributed by atoms with Gasteiger partial charge in [0.1, 0.15) is 34.7 Å². The number of nitrogens with two attached hydrogens (primary N) is 2. The zero-order valence-corrected chi connectivity index (χ0v) is 20.5. The molecule has 5 N–H and O–H groups in total. The van der Waals surface area contributed by atoms with Crippen molar-refractivity contribution in [1.29, 1.82) is 0 Å². The second-order valence-corrected chi connectivity index (χ2v) is 7.90. The number of amides is 1. The molecular weight excluding hydrogens is 446 g/mol. The SMILES string of the molecule is C=C/C(N)=C(\C=C(/C)C(=O)NCCCCn1c(COCC)nc2c(N)nc3cccnc3c21)OC. The van der Waals surface area contributed by atoms with Gasteiger partial charge in [-0.2, -0.15) is 0 Å². The number of carbonyl (C=O) groups is 1. The number of ether oxygens (including phenoxy) is 2. The van der Waals surface area contributed by atoms with Gasteiger partial charge in [0, 0.05) is 31.5 Å². The number of carbonyl (C=O) groups excluding carboxylic acids is 1. The maximum atomic E-state index is 12.4. The third-order valence-electron chi connectivity index (χ3n) is 5.50. The molecular formula is C25H33N7O3. The molecule has 0 aliphatic carbocycles. The molecule has 0 saturated heterocycles. The van der Waals surface area contributed by atoms with Crippen molar-refractivity contribution in [2.45, 2.75) is 39.8 Å². The van der Waals surface area contributed by atoms with Crippen LogP contribution in [0.4, 0.5) is 5.82 Å². The fourth-order valence-corrected chi connectivity index (χ4v) is 3.67. The van der Waals surface area contributed by atoms with Gasteiger partial charge in [-0.3, -0.25) is 9.78 Å². The van der Waals surface area contributed by atoms with Gasteiger partial charge in [0.25, 0.3) is 0 Å². The normalized spacial score (nSPS) is 12.6. The van der Waals surface area contributed by atoms with Crippen LogP contribution >= 0.6 is 0 Å². The van der Waals surface area contributed by atoms with Gasteiger partial charge in [-0.15, -0.1) is 0 Å². The summed E-state index contributed by atoms with van der Waals surface area (Å²) in [6, 6.07) is 3.72. The lowest BCUT2D eigenvalue weighted by Gasteiger charge is -2.11. The molecule has 10 heteroatoms. The number of hydrogen-bond donors (Lipinski definition) is 3. The van der Waals surface area contributed by atoms with Crippen molar-refractivity contribution < 1.29 is 14.3 Å². The molecule has 35 heavy (non-hydrogen) atoms. The summed E-state index contributed by atoms with van der Waals surface area (Å²) < 4.78 is 12.9. The first-order valence-corrected chi connectivity index (χ1v) is 11.5. The number of rotatable bonds is 12. The summed E-state index contributed by atoms with van der Waals surface area (Å²) in [4.78, 5) is 26.1. The van der Waals surface area contributed by atoms with E-state index in [4.69, 9.17) is 25.9 Å². The highest BCUT2D eigenvalue weighted by atomic mass is 16.5. The Labute approximate surface area is 204 Å². The number of hydrogen-bond acceptors (Lipinski definition) is 8. The van der Waals surface area contributed by atoms with Crippen LogP contribution in [-0.4, -0.2) is 45.7 Å². The van der Waals surface area contributed by atoms with Crippen LogP contribution < -0.4 is 16.8 Å². The van der Waals surface area contributed by atoms with Crippen molar-refractivity contribution in [2.24, 2.45) is 5.73 Å². The molecule has 0 aliphatic rings. The minimum absolute atomic E-state index is 0.185. The standard InChI is InChI=1S/C25H33N7O3/c1-5-17(26)19(34-4)14-16(3)25(33)29-11-7-8-13-32-20(15-35-6-2)31-22-23(32)21-18(30-24(22)27)10-9-12-28-21/h5,9-10,12,14H,1,6-8,11,13,15,26H2,2-4H3,(H2,27,30)(H,29,33)/b16-14+,19-17-. The molecule has 0 aromatic carbocycles. The molecule has 0 saturated carbocycles. The minimum atomic E-state index is -0.185. The zero-order chi connectivity index (χ0) is 25.4. The van der Waals surface area contributed by atoms with Crippen LogP contribution in [0.2, 0.25) is 0 Å². The second kappa shape index (κ2) is 12.0. The number of nitrogens with zero attached hydrogens (tertiary/aromatic N) is 4. The number of nitrogens with one attached hydrogen (secondary N) is 1. The number of anilines is 1. The fraction of sp³-hybridized carbons (Fsp3) is 0.360. The van der Waals surface area contributed by atoms with Gasteiger partial charge < -0.3 is 30.8 Å². The van der Waals surface area contributed by atoms with Gasteiger partial charge in [0.05, 0.1) is 18.3 Å². The molecule has 3 aromatic heterocycles. The van der Waals surface area contributed by atoms with Gasteiger partial charge in [0.15, 0.2) is 5.82 Å². The summed E-state index contributed by atoms with van der Waals surface area (Å²) >= 11 is 0. The van der Waals surface area contributed by atoms with E-state index in [0.29, 0.717) is 54.7 Å². The summed E-state index contributed by atoms with van der Waals surface area (Å²) in [7, 11) is 1.50. The van der Waals surface area contributed by atoms with Crippen molar-refractivity contribution in [3.05, 3.63) is 59.9 Å². The second-order valence-electron chi connectivity index (χ2n) is 7.90. The number of pyridine rings is 2. The van der Waals surface area contributed by atoms with E-state index in [-0.39, 0.29) is 5.91 Å². The number of aryl methyl sites for hydroxylation is 1. The van der Waals surface area contributed by atoms with E-state index in [1.165, 1.54) is 13.2 Å². The summed E-state index contributed by atoms with van der Waals surface area (Å²) in [6.45, 7) is 9.39. The lowest BCUT2D eigenvalue weighted by atomic mass is 10.2. The van der Waals surface area contributed by atoms with Crippen LogP contribution in [0.5, 0.6) is 0 Å². The quantitative estimate of drug-likeness (QED) is 0.156. The molecule has 0 aliphatic heterocycles. The Kier molecular flexibility index (Phi) is 8.80. The first-order chi connectivity index (χ1) is 16.9. The summed E-state index contributed by atoms with van der Waals surface area (Å²) in [5.41, 5.74) is 15.8. The van der Waals surface area contributed by atoms with Crippen molar-refractivity contribution in [3.63, 3.8) is 0 Å². The van der Waals surface area contributed by atoms with Gasteiger partial charge in [-0.25, -0.2) is 9.97 Å². The fourth-order valence-electron chi connectivity index (χ4n) is 3.67. The number of unbranched alkanes of at least 4 members (excludes halogenated alkanes) is 1. The number of allylic oxidation sites excluding steroid dienone is 2. The molecule has 10 nitrogen and oxygen atoms in total. The predicted octanol–water partition coefficient (Wildman–Crippen LogP) is 2.94. The third-order valence-corrected chi connectivity index (χ3v) is 5.50. The Hall–Kier alpha value is -3.92. The van der Waals surface area contributed by atoms with Crippen LogP contribution in [-0.2, 0) is 27.4 Å². The zero-order valence-electron chi connectivity index (χ0n) is 20.5. The molecule has 0 bridgehead atoms. The maximum Gasteiger partial charge on any atom is 0.247 e.